The second-order valence-electron chi connectivity index (χ2n) is 17.4. The van der Waals surface area contributed by atoms with Crippen molar-refractivity contribution in [2.45, 2.75) is 91.5 Å². The van der Waals surface area contributed by atoms with Gasteiger partial charge in [0.15, 0.2) is 0 Å². The largest absolute Gasteiger partial charge is 0.507 e. The summed E-state index contributed by atoms with van der Waals surface area (Å²) in [5, 5.41) is 12.5. The van der Waals surface area contributed by atoms with Crippen LogP contribution in [0.3, 0.4) is 0 Å². The zero-order chi connectivity index (χ0) is 61.5. The van der Waals surface area contributed by atoms with Crippen molar-refractivity contribution in [3.05, 3.63) is 192 Å². The Morgan fingerprint density at radius 3 is 1.87 bits per heavy atom. The Kier molecular flexibility index (Phi) is 8.23. The first kappa shape index (κ1) is 29.4. The van der Waals surface area contributed by atoms with E-state index in [4.69, 9.17) is 34.6 Å². The molecule has 0 bridgehead atoms. The molecule has 0 spiro atoms. The fourth-order valence-corrected chi connectivity index (χ4v) is 8.50. The van der Waals surface area contributed by atoms with Gasteiger partial charge in [0.05, 0.1) is 22.3 Å². The van der Waals surface area contributed by atoms with E-state index in [1.165, 1.54) is 42.5 Å². The first-order valence-electron chi connectivity index (χ1n) is 30.8. The summed E-state index contributed by atoms with van der Waals surface area (Å²) in [6, 6.07) is 48.2. The van der Waals surface area contributed by atoms with Crippen LogP contribution >= 0.6 is 0 Å². The molecule has 67 heavy (non-hydrogen) atoms. The van der Waals surface area contributed by atoms with Crippen LogP contribution in [0.2, 0.25) is 0 Å². The van der Waals surface area contributed by atoms with Crippen molar-refractivity contribution in [3.63, 3.8) is 0 Å². The maximum Gasteiger partial charge on any atom is 0.148 e. The van der Waals surface area contributed by atoms with Crippen LogP contribution in [0.25, 0.3) is 83.9 Å². The van der Waals surface area contributed by atoms with Crippen LogP contribution < -0.4 is 0 Å². The molecule has 9 rings (SSSR count). The fourth-order valence-electron chi connectivity index (χ4n) is 8.50. The van der Waals surface area contributed by atoms with Gasteiger partial charge in [-0.2, -0.15) is 0 Å². The number of hydrogen-bond acceptors (Lipinski definition) is 3. The van der Waals surface area contributed by atoms with Crippen LogP contribution in [0.4, 0.5) is 0 Å². The molecular formula is C62H60N3OPt-. The molecule has 0 saturated heterocycles. The van der Waals surface area contributed by atoms with E-state index in [1.54, 1.807) is 48.7 Å². The Bertz CT molecular complexity index is 3830. The third-order valence-electron chi connectivity index (χ3n) is 12.1. The number of phenolic OH excluding ortho intramolecular Hbond substituents is 1. The maximum absolute atomic E-state index is 12.5. The number of rotatable bonds is 9. The zero-order valence-electron chi connectivity index (χ0n) is 55.3. The molecule has 0 atom stereocenters. The van der Waals surface area contributed by atoms with Gasteiger partial charge >= 0.3 is 0 Å². The van der Waals surface area contributed by atoms with Crippen LogP contribution in [0.1, 0.15) is 128 Å². The second kappa shape index (κ2) is 18.7. The smallest absolute Gasteiger partial charge is 0.148 e. The molecule has 0 saturated carbocycles. The van der Waals surface area contributed by atoms with Crippen LogP contribution in [0, 0.1) is 6.07 Å². The van der Waals surface area contributed by atoms with E-state index >= 15 is 0 Å². The number of benzene rings is 7. The Hall–Kier alpha value is -6.35. The van der Waals surface area contributed by atoms with Gasteiger partial charge in [0.25, 0.3) is 0 Å². The average molecular weight is 1080 g/mol. The Labute approximate surface area is 437 Å². The number of nitrogens with zero attached hydrogens (tertiary/aromatic N) is 3. The van der Waals surface area contributed by atoms with E-state index in [0.29, 0.717) is 66.9 Å². The molecule has 0 unspecified atom stereocenters. The summed E-state index contributed by atoms with van der Waals surface area (Å²) in [6.45, 7) is -13.0. The number of aromatic nitrogens is 3. The molecule has 5 heteroatoms. The minimum Gasteiger partial charge on any atom is -0.507 e. The SMILES string of the molecule is [2H]C([2H])([2H])C(c1ccc(-c2ccnc(-c3[c-]c(-c4cccc5c4nc(-c4cc(C(C)C)cc(C(C)C)c4O)n5-c4ccc(C(C([2H])([2H])[2H])(C([2H])([2H])[2H])C([2H])([2H])[2H])cc4-c4ccccc4)cc(-c4ccccc4)c3)c2)cc1)(C([2H])([2H])[2H])C([2H])([2H])[2H].[Pt]. The summed E-state index contributed by atoms with van der Waals surface area (Å²) in [5.74, 6) is 0.0628. The van der Waals surface area contributed by atoms with Crippen molar-refractivity contribution < 1.29 is 50.8 Å². The van der Waals surface area contributed by atoms with Gasteiger partial charge in [0.2, 0.25) is 0 Å². The molecule has 2 aromatic heterocycles. The Morgan fingerprint density at radius 2 is 1.19 bits per heavy atom. The van der Waals surface area contributed by atoms with Crippen molar-refractivity contribution in [1.29, 1.82) is 0 Å². The summed E-state index contributed by atoms with van der Waals surface area (Å²) in [6.07, 6.45) is 1.57. The van der Waals surface area contributed by atoms with E-state index < -0.39 is 57.5 Å². The van der Waals surface area contributed by atoms with Crippen molar-refractivity contribution in [2.75, 3.05) is 0 Å². The van der Waals surface area contributed by atoms with E-state index in [2.05, 4.69) is 6.07 Å². The molecule has 0 amide bonds. The third kappa shape index (κ3) is 9.47. The normalized spacial score (nSPS) is 17.0. The van der Waals surface area contributed by atoms with E-state index in [1.807, 2.05) is 105 Å². The number of imidazole rings is 1. The van der Waals surface area contributed by atoms with Crippen LogP contribution in [0.5, 0.6) is 5.75 Å². The fraction of sp³-hybridized carbons (Fsp3) is 0.226. The maximum atomic E-state index is 12.5. The molecule has 1 N–H and O–H groups in total. The van der Waals surface area contributed by atoms with Gasteiger partial charge in [0, 0.05) is 63.2 Å². The summed E-state index contributed by atoms with van der Waals surface area (Å²) in [5.41, 5.74) is 1.40. The van der Waals surface area contributed by atoms with Gasteiger partial charge in [-0.05, 0) is 97.5 Å². The summed E-state index contributed by atoms with van der Waals surface area (Å²) in [7, 11) is 0. The molecule has 340 valence electrons. The van der Waals surface area contributed by atoms with Crippen LogP contribution in [-0.2, 0) is 31.9 Å². The standard InChI is InChI=1S/C62H60N3O.Pt/c1-39(2)45-35-52(40(3)4)59(66)54(36-45)60-64-58-51(22-17-23-57(58)65(60)56-29-28-50(62(8,9)10)38-53(56)43-20-15-12-16-21-43)47-32-46(41-18-13-11-14-19-41)33-48(34-47)55-37-44(30-31-63-55)42-24-26-49(27-25-42)61(5,6)7;/h11-33,35-40,66H,1-10H3;/q-1;/i5D3,6D3,7D3,8D3,9D3,10D3;. The predicted octanol–water partition coefficient (Wildman–Crippen LogP) is 16.8. The molecule has 9 aromatic rings. The van der Waals surface area contributed by atoms with Crippen molar-refractivity contribution >= 4 is 11.0 Å². The quantitative estimate of drug-likeness (QED) is 0.147. The molecule has 0 radical (unpaired) electrons. The average Bonchev–Trinajstić information content (AvgIpc) is 0.866. The Balaban J connectivity index is 0.00000940. The minimum atomic E-state index is -3.55. The van der Waals surface area contributed by atoms with E-state index in [9.17, 15) is 5.11 Å². The monoisotopic (exact) mass is 1080 g/mol. The number of para-hydroxylation sites is 1. The third-order valence-corrected chi connectivity index (χ3v) is 12.1. The number of fused-ring (bicyclic) bond motifs is 1. The zero-order valence-corrected chi connectivity index (χ0v) is 39.6. The van der Waals surface area contributed by atoms with Crippen LogP contribution in [0.15, 0.2) is 164 Å². The number of phenols is 1. The second-order valence-corrected chi connectivity index (χ2v) is 17.4. The summed E-state index contributed by atoms with van der Waals surface area (Å²) < 4.78 is 154. The van der Waals surface area contributed by atoms with E-state index in [0.717, 1.165) is 16.7 Å². The van der Waals surface area contributed by atoms with Crippen molar-refractivity contribution in [2.24, 2.45) is 0 Å². The first-order chi connectivity index (χ1) is 39.0. The topological polar surface area (TPSA) is 50.9 Å². The molecule has 4 nitrogen and oxygen atoms in total. The van der Waals surface area contributed by atoms with Gasteiger partial charge in [-0.25, -0.2) is 4.98 Å². The van der Waals surface area contributed by atoms with Crippen LogP contribution in [-0.4, -0.2) is 19.6 Å². The summed E-state index contributed by atoms with van der Waals surface area (Å²) >= 11 is 0. The summed E-state index contributed by atoms with van der Waals surface area (Å²) in [4.78, 5) is 10.2. The molecule has 0 aliphatic rings. The molecule has 7 aromatic carbocycles. The minimum absolute atomic E-state index is 0. The number of hydrogen-bond donors (Lipinski definition) is 1. The predicted molar refractivity (Wildman–Crippen MR) is 278 cm³/mol. The Morgan fingerprint density at radius 1 is 0.552 bits per heavy atom. The van der Waals surface area contributed by atoms with Crippen molar-refractivity contribution in [1.82, 2.24) is 14.5 Å². The first-order valence-corrected chi connectivity index (χ1v) is 21.8. The molecule has 0 aliphatic heterocycles. The number of pyridine rings is 1. The molecule has 0 aliphatic carbocycles. The molecule has 2 heterocycles. The molecular weight excluding hydrogens is 998 g/mol. The van der Waals surface area contributed by atoms with Gasteiger partial charge in [-0.1, -0.05) is 201 Å². The van der Waals surface area contributed by atoms with Gasteiger partial charge in [0.1, 0.15) is 11.6 Å². The van der Waals surface area contributed by atoms with Gasteiger partial charge < -0.3 is 5.11 Å². The molecule has 0 fully saturated rings. The van der Waals surface area contributed by atoms with E-state index in [-0.39, 0.29) is 55.6 Å². The number of aromatic hydroxyl groups is 1. The van der Waals surface area contributed by atoms with Crippen molar-refractivity contribution in [3.8, 4) is 78.6 Å². The van der Waals surface area contributed by atoms with Gasteiger partial charge in [-0.3, -0.25) is 9.55 Å². The van der Waals surface area contributed by atoms with Gasteiger partial charge in [-0.15, -0.1) is 23.8 Å².